The molecule has 0 heterocycles. The van der Waals surface area contributed by atoms with Crippen LogP contribution in [0.4, 0.5) is 0 Å². The molecule has 0 bridgehead atoms. The maximum Gasteiger partial charge on any atom is 0.243 e. The molecular weight excluding hydrogens is 675 g/mol. The molecule has 0 aromatic heterocycles. The lowest BCUT2D eigenvalue weighted by Gasteiger charge is -2.34. The maximum absolute atomic E-state index is 14.3. The molecule has 0 aliphatic heterocycles. The van der Waals surface area contributed by atoms with Gasteiger partial charge in [0, 0.05) is 34.6 Å². The van der Waals surface area contributed by atoms with E-state index in [-0.39, 0.29) is 60.2 Å². The van der Waals surface area contributed by atoms with E-state index in [0.717, 1.165) is 69.8 Å². The fraction of sp³-hybridized carbons (Fsp3) is 0.541. The van der Waals surface area contributed by atoms with Crippen LogP contribution in [0.3, 0.4) is 0 Å². The number of hydrogen-bond acceptors (Lipinski definition) is 5. The van der Waals surface area contributed by atoms with Crippen molar-refractivity contribution in [1.82, 2.24) is 16.0 Å². The summed E-state index contributed by atoms with van der Waals surface area (Å²) >= 11 is 12.4. The van der Waals surface area contributed by atoms with Gasteiger partial charge in [0.1, 0.15) is 17.9 Å². The van der Waals surface area contributed by atoms with E-state index < -0.39 is 12.1 Å². The Labute approximate surface area is 305 Å². The van der Waals surface area contributed by atoms with Crippen LogP contribution in [0.25, 0.3) is 0 Å². The summed E-state index contributed by atoms with van der Waals surface area (Å²) in [6, 6.07) is 10.8. The highest BCUT2D eigenvalue weighted by molar-refractivity contribution is 6.35. The van der Waals surface area contributed by atoms with Crippen molar-refractivity contribution in [1.29, 1.82) is 5.41 Å². The van der Waals surface area contributed by atoms with Gasteiger partial charge in [-0.15, -0.1) is 0 Å². The van der Waals surface area contributed by atoms with Crippen molar-refractivity contribution in [3.8, 4) is 0 Å². The quantitative estimate of drug-likeness (QED) is 0.0725. The fourth-order valence-corrected chi connectivity index (χ4v) is 7.69. The lowest BCUT2D eigenvalue weighted by Crippen LogP contribution is -2.57. The first-order chi connectivity index (χ1) is 24.0. The highest BCUT2D eigenvalue weighted by atomic mass is 35.5. The average molecular weight is 728 g/mol. The molecule has 0 saturated heterocycles. The average Bonchev–Trinajstić information content (AvgIpc) is 3.11. The minimum atomic E-state index is -0.889. The Morgan fingerprint density at radius 3 is 2.06 bits per heavy atom. The van der Waals surface area contributed by atoms with Crippen LogP contribution in [-0.2, 0) is 27.3 Å². The molecule has 2 aliphatic carbocycles. The number of carbonyl (C=O) groups excluding carboxylic acids is 3. The minimum absolute atomic E-state index is 0.00328. The van der Waals surface area contributed by atoms with Crippen molar-refractivity contribution in [2.45, 2.75) is 102 Å². The molecule has 3 atom stereocenters. The molecule has 272 valence electrons. The number of nitrogens with zero attached hydrogens (tertiary/aromatic N) is 1. The first-order valence-corrected chi connectivity index (χ1v) is 18.6. The first-order valence-electron chi connectivity index (χ1n) is 17.8. The van der Waals surface area contributed by atoms with E-state index in [4.69, 9.17) is 45.8 Å². The van der Waals surface area contributed by atoms with Gasteiger partial charge >= 0.3 is 0 Å². The lowest BCUT2D eigenvalue weighted by molar-refractivity contribution is -0.135. The number of amidine groups is 1. The SMILES string of the molecule is N=C(N)c1ccc(CC(C(=O)NC(C(=O)NC(CCCN=C(N)N)C(=O)NCc2ccc(Cl)cc2Cl)C2CCCCC2)C2CCCCC2)cc1. The van der Waals surface area contributed by atoms with Gasteiger partial charge in [-0.1, -0.05) is 92.1 Å². The number of hydrogen-bond donors (Lipinski definition) is 7. The highest BCUT2D eigenvalue weighted by Crippen LogP contribution is 2.33. The van der Waals surface area contributed by atoms with Gasteiger partial charge in [-0.25, -0.2) is 0 Å². The third-order valence-corrected chi connectivity index (χ3v) is 10.6. The molecule has 2 aromatic carbocycles. The topological polar surface area (TPSA) is 202 Å². The van der Waals surface area contributed by atoms with Crippen LogP contribution in [0.15, 0.2) is 47.5 Å². The summed E-state index contributed by atoms with van der Waals surface area (Å²) in [6.45, 7) is 0.443. The van der Waals surface area contributed by atoms with Crippen LogP contribution in [-0.4, -0.2) is 48.1 Å². The molecule has 0 spiro atoms. The monoisotopic (exact) mass is 726 g/mol. The van der Waals surface area contributed by atoms with E-state index in [2.05, 4.69) is 20.9 Å². The summed E-state index contributed by atoms with van der Waals surface area (Å²) in [5.74, 6) is -1.11. The van der Waals surface area contributed by atoms with E-state index in [1.165, 1.54) is 0 Å². The number of nitrogen functional groups attached to an aromatic ring is 1. The largest absolute Gasteiger partial charge is 0.384 e. The second-order valence-electron chi connectivity index (χ2n) is 13.7. The Balaban J connectivity index is 1.53. The number of nitrogens with one attached hydrogen (secondary N) is 4. The van der Waals surface area contributed by atoms with E-state index in [0.29, 0.717) is 40.6 Å². The van der Waals surface area contributed by atoms with E-state index in [1.807, 2.05) is 24.3 Å². The Morgan fingerprint density at radius 1 is 0.820 bits per heavy atom. The van der Waals surface area contributed by atoms with Crippen LogP contribution in [0.5, 0.6) is 0 Å². The molecule has 11 nitrogen and oxygen atoms in total. The number of carbonyl (C=O) groups is 3. The molecule has 2 aliphatic rings. The Morgan fingerprint density at radius 2 is 1.46 bits per heavy atom. The third-order valence-electron chi connectivity index (χ3n) is 10.0. The summed E-state index contributed by atoms with van der Waals surface area (Å²) in [6.07, 6.45) is 11.1. The maximum atomic E-state index is 14.3. The molecule has 2 aromatic rings. The smallest absolute Gasteiger partial charge is 0.243 e. The van der Waals surface area contributed by atoms with Gasteiger partial charge in [0.15, 0.2) is 5.96 Å². The highest BCUT2D eigenvalue weighted by Gasteiger charge is 2.37. The normalized spacial score (nSPS) is 17.2. The molecule has 3 amide bonds. The van der Waals surface area contributed by atoms with Crippen molar-refractivity contribution in [2.24, 2.45) is 39.9 Å². The van der Waals surface area contributed by atoms with Crippen LogP contribution in [0.2, 0.25) is 10.0 Å². The van der Waals surface area contributed by atoms with Crippen molar-refractivity contribution in [3.05, 3.63) is 69.2 Å². The summed E-state index contributed by atoms with van der Waals surface area (Å²) in [4.78, 5) is 46.1. The van der Waals surface area contributed by atoms with E-state index >= 15 is 0 Å². The number of benzene rings is 2. The molecule has 0 radical (unpaired) electrons. The second-order valence-corrected chi connectivity index (χ2v) is 14.5. The van der Waals surface area contributed by atoms with Gasteiger partial charge in [-0.2, -0.15) is 0 Å². The van der Waals surface area contributed by atoms with E-state index in [1.54, 1.807) is 18.2 Å². The molecule has 13 heteroatoms. The second kappa shape index (κ2) is 19.5. The standard InChI is InChI=1S/C37H52Cl2N8O3/c38-28-18-17-27(30(39)21-28)22-45-35(49)31(12-7-19-44-37(42)43)46-36(50)32(25-10-5-2-6-11-25)47-34(48)29(24-8-3-1-4-9-24)20-23-13-15-26(16-14-23)33(40)41/h13-18,21,24-25,29,31-32H,1-12,19-20,22H2,(H3,40,41)(H,45,49)(H,46,50)(H,47,48)(H4,42,43,44). The lowest BCUT2D eigenvalue weighted by atomic mass is 9.76. The number of nitrogens with two attached hydrogens (primary N) is 3. The first kappa shape index (κ1) is 39.0. The van der Waals surface area contributed by atoms with Crippen molar-refractivity contribution < 1.29 is 14.4 Å². The Hall–Kier alpha value is -3.83. The zero-order valence-electron chi connectivity index (χ0n) is 28.7. The molecule has 2 saturated carbocycles. The van der Waals surface area contributed by atoms with Gasteiger partial charge in [-0.3, -0.25) is 24.8 Å². The van der Waals surface area contributed by atoms with Gasteiger partial charge in [0.2, 0.25) is 17.7 Å². The van der Waals surface area contributed by atoms with Gasteiger partial charge in [-0.05, 0) is 80.0 Å². The molecule has 4 rings (SSSR count). The number of guanidine groups is 1. The molecular formula is C37H52Cl2N8O3. The number of amides is 3. The minimum Gasteiger partial charge on any atom is -0.384 e. The van der Waals surface area contributed by atoms with Gasteiger partial charge in [0.05, 0.1) is 0 Å². The number of halogens is 2. The summed E-state index contributed by atoms with van der Waals surface area (Å²) in [5.41, 5.74) is 19.0. The van der Waals surface area contributed by atoms with Crippen molar-refractivity contribution >= 4 is 52.7 Å². The van der Waals surface area contributed by atoms with Crippen LogP contribution in [0, 0.1) is 23.2 Å². The zero-order valence-corrected chi connectivity index (χ0v) is 30.2. The summed E-state index contributed by atoms with van der Waals surface area (Å²) < 4.78 is 0. The summed E-state index contributed by atoms with van der Waals surface area (Å²) in [7, 11) is 0. The van der Waals surface area contributed by atoms with Gasteiger partial charge < -0.3 is 33.2 Å². The molecule has 10 N–H and O–H groups in total. The molecule has 3 unspecified atom stereocenters. The van der Waals surface area contributed by atoms with Crippen LogP contribution < -0.4 is 33.2 Å². The number of aliphatic imine (C=N–C) groups is 1. The van der Waals surface area contributed by atoms with Crippen LogP contribution >= 0.6 is 23.2 Å². The molecule has 2 fully saturated rings. The summed E-state index contributed by atoms with van der Waals surface area (Å²) in [5, 5.41) is 17.7. The number of rotatable bonds is 16. The third kappa shape index (κ3) is 11.9. The molecule has 50 heavy (non-hydrogen) atoms. The van der Waals surface area contributed by atoms with Crippen molar-refractivity contribution in [2.75, 3.05) is 6.54 Å². The Kier molecular flexibility index (Phi) is 15.2. The van der Waals surface area contributed by atoms with Crippen molar-refractivity contribution in [3.63, 3.8) is 0 Å². The van der Waals surface area contributed by atoms with Gasteiger partial charge in [0.25, 0.3) is 0 Å². The Bertz CT molecular complexity index is 1490. The van der Waals surface area contributed by atoms with Crippen LogP contribution in [0.1, 0.15) is 93.7 Å². The predicted molar refractivity (Wildman–Crippen MR) is 200 cm³/mol. The predicted octanol–water partition coefficient (Wildman–Crippen LogP) is 4.94. The zero-order chi connectivity index (χ0) is 36.0. The fourth-order valence-electron chi connectivity index (χ4n) is 7.21. The van der Waals surface area contributed by atoms with E-state index in [9.17, 15) is 14.4 Å².